The zero-order chi connectivity index (χ0) is 11.8. The van der Waals surface area contributed by atoms with Crippen LogP contribution in [0.5, 0.6) is 0 Å². The maximum atomic E-state index is 11.9. The molecule has 0 saturated heterocycles. The highest BCUT2D eigenvalue weighted by atomic mass is 16.1. The smallest absolute Gasteiger partial charge is 0.187 e. The third-order valence-corrected chi connectivity index (χ3v) is 3.09. The molecule has 1 nitrogen and oxygen atoms in total. The average Bonchev–Trinajstić information content (AvgIpc) is 2.68. The number of rotatable bonds is 1. The van der Waals surface area contributed by atoms with Gasteiger partial charge in [0.05, 0.1) is 0 Å². The van der Waals surface area contributed by atoms with Gasteiger partial charge in [0.25, 0.3) is 0 Å². The molecule has 1 heteroatoms. The van der Waals surface area contributed by atoms with Gasteiger partial charge in [-0.25, -0.2) is 0 Å². The molecule has 0 bridgehead atoms. The van der Waals surface area contributed by atoms with E-state index in [1.54, 1.807) is 6.08 Å². The highest BCUT2D eigenvalue weighted by Crippen LogP contribution is 2.32. The largest absolute Gasteiger partial charge is 0.289 e. The van der Waals surface area contributed by atoms with Crippen LogP contribution in [-0.2, 0) is 0 Å². The quantitative estimate of drug-likeness (QED) is 0.717. The lowest BCUT2D eigenvalue weighted by Gasteiger charge is -2.05. The fourth-order valence-electron chi connectivity index (χ4n) is 2.24. The first-order valence-corrected chi connectivity index (χ1v) is 5.68. The average molecular weight is 220 g/mol. The summed E-state index contributed by atoms with van der Waals surface area (Å²) in [6.45, 7) is 2.01. The molecule has 2 aromatic carbocycles. The molecule has 1 aliphatic rings. The fourth-order valence-corrected chi connectivity index (χ4v) is 2.24. The molecule has 0 aliphatic heterocycles. The summed E-state index contributed by atoms with van der Waals surface area (Å²) in [5.41, 5.74) is 5.13. The molecule has 0 radical (unpaired) electrons. The van der Waals surface area contributed by atoms with Crippen LogP contribution in [0.15, 0.2) is 54.6 Å². The van der Waals surface area contributed by atoms with E-state index in [0.717, 1.165) is 27.8 Å². The van der Waals surface area contributed by atoms with E-state index in [-0.39, 0.29) is 5.78 Å². The van der Waals surface area contributed by atoms with Gasteiger partial charge in [-0.2, -0.15) is 0 Å². The Morgan fingerprint density at radius 1 is 0.882 bits per heavy atom. The molecule has 0 atom stereocenters. The van der Waals surface area contributed by atoms with Crippen LogP contribution in [0.4, 0.5) is 0 Å². The Labute approximate surface area is 100 Å². The molecule has 1 aliphatic carbocycles. The zero-order valence-corrected chi connectivity index (χ0v) is 9.60. The second-order valence-corrected chi connectivity index (χ2v) is 4.34. The van der Waals surface area contributed by atoms with Crippen LogP contribution in [-0.4, -0.2) is 5.78 Å². The van der Waals surface area contributed by atoms with Gasteiger partial charge in [0.2, 0.25) is 0 Å². The number of hydrogen-bond donors (Lipinski definition) is 0. The van der Waals surface area contributed by atoms with Crippen molar-refractivity contribution in [2.45, 2.75) is 6.92 Å². The normalized spacial score (nSPS) is 13.5. The number of carbonyl (C=O) groups excluding carboxylic acids is 1. The maximum Gasteiger partial charge on any atom is 0.187 e. The predicted molar refractivity (Wildman–Crippen MR) is 69.0 cm³/mol. The van der Waals surface area contributed by atoms with E-state index in [0.29, 0.717) is 0 Å². The lowest BCUT2D eigenvalue weighted by Crippen LogP contribution is -1.92. The van der Waals surface area contributed by atoms with Gasteiger partial charge in [0.1, 0.15) is 0 Å². The molecule has 0 unspecified atom stereocenters. The zero-order valence-electron chi connectivity index (χ0n) is 9.60. The van der Waals surface area contributed by atoms with E-state index in [1.165, 1.54) is 0 Å². The molecule has 0 N–H and O–H groups in total. The predicted octanol–water partition coefficient (Wildman–Crippen LogP) is 3.62. The van der Waals surface area contributed by atoms with Crippen LogP contribution in [0.25, 0.3) is 5.57 Å². The number of hydrogen-bond acceptors (Lipinski definition) is 1. The van der Waals surface area contributed by atoms with E-state index in [2.05, 4.69) is 0 Å². The van der Waals surface area contributed by atoms with Crippen LogP contribution in [0.3, 0.4) is 0 Å². The number of aryl methyl sites for hydroxylation is 1. The first kappa shape index (κ1) is 10.0. The van der Waals surface area contributed by atoms with Crippen molar-refractivity contribution in [2.24, 2.45) is 0 Å². The lowest BCUT2D eigenvalue weighted by atomic mass is 9.98. The Morgan fingerprint density at radius 3 is 2.41 bits per heavy atom. The highest BCUT2D eigenvalue weighted by Gasteiger charge is 2.21. The van der Waals surface area contributed by atoms with Crippen molar-refractivity contribution in [3.63, 3.8) is 0 Å². The Balaban J connectivity index is 2.18. The minimum atomic E-state index is 0.113. The molecular weight excluding hydrogens is 208 g/mol. The van der Waals surface area contributed by atoms with E-state index >= 15 is 0 Å². The molecule has 17 heavy (non-hydrogen) atoms. The van der Waals surface area contributed by atoms with Crippen molar-refractivity contribution >= 4 is 11.4 Å². The van der Waals surface area contributed by atoms with E-state index < -0.39 is 0 Å². The molecule has 2 aromatic rings. The summed E-state index contributed by atoms with van der Waals surface area (Å²) >= 11 is 0. The molecule has 0 heterocycles. The first-order valence-electron chi connectivity index (χ1n) is 5.68. The second-order valence-electron chi connectivity index (χ2n) is 4.34. The van der Waals surface area contributed by atoms with Crippen molar-refractivity contribution in [1.82, 2.24) is 0 Å². The van der Waals surface area contributed by atoms with Crippen molar-refractivity contribution in [1.29, 1.82) is 0 Å². The summed E-state index contributed by atoms with van der Waals surface area (Å²) in [6.07, 6.45) is 1.74. The van der Waals surface area contributed by atoms with Crippen LogP contribution in [0.1, 0.15) is 27.0 Å². The molecule has 0 amide bonds. The molecule has 0 spiro atoms. The van der Waals surface area contributed by atoms with Gasteiger partial charge >= 0.3 is 0 Å². The molecule has 3 rings (SSSR count). The summed E-state index contributed by atoms with van der Waals surface area (Å²) in [7, 11) is 0. The topological polar surface area (TPSA) is 17.1 Å². The van der Waals surface area contributed by atoms with Crippen molar-refractivity contribution in [3.8, 4) is 0 Å². The van der Waals surface area contributed by atoms with Gasteiger partial charge in [-0.15, -0.1) is 0 Å². The summed E-state index contributed by atoms with van der Waals surface area (Å²) in [4.78, 5) is 11.9. The van der Waals surface area contributed by atoms with Crippen molar-refractivity contribution in [2.75, 3.05) is 0 Å². The van der Waals surface area contributed by atoms with Crippen LogP contribution in [0.2, 0.25) is 0 Å². The molecule has 0 fully saturated rings. The maximum absolute atomic E-state index is 11.9. The number of fused-ring (bicyclic) bond motifs is 1. The number of carbonyl (C=O) groups is 1. The van der Waals surface area contributed by atoms with Gasteiger partial charge in [0.15, 0.2) is 5.78 Å². The van der Waals surface area contributed by atoms with Crippen molar-refractivity contribution in [3.05, 3.63) is 76.9 Å². The van der Waals surface area contributed by atoms with Gasteiger partial charge in [-0.1, -0.05) is 48.0 Å². The third kappa shape index (κ3) is 1.60. The second kappa shape index (κ2) is 3.70. The van der Waals surface area contributed by atoms with Gasteiger partial charge < -0.3 is 0 Å². The van der Waals surface area contributed by atoms with Crippen LogP contribution in [0, 0.1) is 6.92 Å². The number of ketones is 1. The van der Waals surface area contributed by atoms with E-state index in [9.17, 15) is 4.79 Å². The highest BCUT2D eigenvalue weighted by molar-refractivity contribution is 6.18. The summed E-state index contributed by atoms with van der Waals surface area (Å²) in [5.74, 6) is 0.113. The first-order chi connectivity index (χ1) is 8.25. The number of allylic oxidation sites excluding steroid dienone is 1. The Hall–Kier alpha value is -2.15. The van der Waals surface area contributed by atoms with Gasteiger partial charge in [-0.3, -0.25) is 4.79 Å². The molecule has 0 aromatic heterocycles. The fraction of sp³-hybridized carbons (Fsp3) is 0.0625. The van der Waals surface area contributed by atoms with E-state index in [1.807, 2.05) is 55.5 Å². The van der Waals surface area contributed by atoms with Crippen molar-refractivity contribution < 1.29 is 4.79 Å². The van der Waals surface area contributed by atoms with E-state index in [4.69, 9.17) is 0 Å². The molecule has 0 saturated carbocycles. The van der Waals surface area contributed by atoms with Crippen LogP contribution < -0.4 is 0 Å². The summed E-state index contributed by atoms with van der Waals surface area (Å²) in [6, 6.07) is 16.1. The standard InChI is InChI=1S/C16H12O/c1-11-7-8-13-14(10-16(17)15(13)9-11)12-5-3-2-4-6-12/h2-10H,1H3. The molecule has 82 valence electrons. The van der Waals surface area contributed by atoms with Crippen LogP contribution >= 0.6 is 0 Å². The Morgan fingerprint density at radius 2 is 1.65 bits per heavy atom. The monoisotopic (exact) mass is 220 g/mol. The minimum absolute atomic E-state index is 0.113. The minimum Gasteiger partial charge on any atom is -0.289 e. The van der Waals surface area contributed by atoms with Gasteiger partial charge in [0, 0.05) is 5.56 Å². The third-order valence-electron chi connectivity index (χ3n) is 3.09. The number of benzene rings is 2. The van der Waals surface area contributed by atoms with Gasteiger partial charge in [-0.05, 0) is 35.8 Å². The Kier molecular flexibility index (Phi) is 2.19. The Bertz CT molecular complexity index is 621. The summed E-state index contributed by atoms with van der Waals surface area (Å²) in [5, 5.41) is 0. The summed E-state index contributed by atoms with van der Waals surface area (Å²) < 4.78 is 0. The SMILES string of the molecule is Cc1ccc2c(c1)C(=O)C=C2c1ccccc1. The molecular formula is C16H12O. The lowest BCUT2D eigenvalue weighted by molar-refractivity contribution is 0.105.